The first-order chi connectivity index (χ1) is 13.0. The van der Waals surface area contributed by atoms with Gasteiger partial charge in [-0.05, 0) is 50.3 Å². The minimum Gasteiger partial charge on any atom is -0.378 e. The van der Waals surface area contributed by atoms with Crippen LogP contribution in [0.1, 0.15) is 46.6 Å². The third kappa shape index (κ3) is 9.99. The molecule has 1 aromatic carbocycles. The van der Waals surface area contributed by atoms with E-state index >= 15 is 0 Å². The van der Waals surface area contributed by atoms with Gasteiger partial charge in [-0.15, -0.1) is 0 Å². The quantitative estimate of drug-likeness (QED) is 0.410. The summed E-state index contributed by atoms with van der Waals surface area (Å²) in [6, 6.07) is 7.92. The summed E-state index contributed by atoms with van der Waals surface area (Å²) < 4.78 is 5.78. The predicted octanol–water partition coefficient (Wildman–Crippen LogP) is 3.19. The van der Waals surface area contributed by atoms with Gasteiger partial charge in [-0.1, -0.05) is 26.0 Å². The number of anilines is 1. The van der Waals surface area contributed by atoms with E-state index in [-0.39, 0.29) is 12.0 Å². The highest BCUT2D eigenvalue weighted by Gasteiger charge is 2.12. The number of ether oxygens (including phenoxy) is 1. The van der Waals surface area contributed by atoms with Gasteiger partial charge in [0.25, 0.3) is 0 Å². The lowest BCUT2D eigenvalue weighted by Gasteiger charge is -2.20. The first kappa shape index (κ1) is 23.0. The molecule has 0 heterocycles. The van der Waals surface area contributed by atoms with E-state index < -0.39 is 0 Å². The van der Waals surface area contributed by atoms with Crippen LogP contribution in [-0.2, 0) is 16.0 Å². The lowest BCUT2D eigenvalue weighted by Crippen LogP contribution is -2.38. The van der Waals surface area contributed by atoms with Crippen LogP contribution in [0.25, 0.3) is 0 Å². The molecule has 1 amide bonds. The maximum atomic E-state index is 11.1. The van der Waals surface area contributed by atoms with Crippen LogP contribution in [0.2, 0.25) is 0 Å². The third-order valence-electron chi connectivity index (χ3n) is 4.13. The Kier molecular flexibility index (Phi) is 11.2. The zero-order valence-electron chi connectivity index (χ0n) is 17.5. The summed E-state index contributed by atoms with van der Waals surface area (Å²) in [5.41, 5.74) is 2.03. The Bertz CT molecular complexity index is 570. The van der Waals surface area contributed by atoms with E-state index in [0.29, 0.717) is 5.92 Å². The summed E-state index contributed by atoms with van der Waals surface area (Å²) >= 11 is 0. The van der Waals surface area contributed by atoms with Crippen LogP contribution in [-0.4, -0.2) is 44.2 Å². The highest BCUT2D eigenvalue weighted by atomic mass is 16.5. The van der Waals surface area contributed by atoms with Crippen molar-refractivity contribution < 1.29 is 9.53 Å². The van der Waals surface area contributed by atoms with Crippen LogP contribution < -0.4 is 16.0 Å². The average molecular weight is 377 g/mol. The normalized spacial score (nSPS) is 12.7. The Morgan fingerprint density at radius 2 is 1.85 bits per heavy atom. The number of amides is 1. The minimum atomic E-state index is -0.0556. The summed E-state index contributed by atoms with van der Waals surface area (Å²) in [5, 5.41) is 9.44. The topological polar surface area (TPSA) is 74.8 Å². The van der Waals surface area contributed by atoms with Gasteiger partial charge >= 0.3 is 0 Å². The van der Waals surface area contributed by atoms with Gasteiger partial charge in [-0.3, -0.25) is 9.79 Å². The Balaban J connectivity index is 2.46. The number of guanidine groups is 1. The second-order valence-corrected chi connectivity index (χ2v) is 6.84. The molecule has 1 aromatic rings. The molecule has 0 saturated carbocycles. The molecule has 0 saturated heterocycles. The molecule has 0 aliphatic rings. The maximum absolute atomic E-state index is 11.1. The number of benzene rings is 1. The highest BCUT2D eigenvalue weighted by Crippen LogP contribution is 2.11. The van der Waals surface area contributed by atoms with Crippen LogP contribution in [0.15, 0.2) is 29.3 Å². The van der Waals surface area contributed by atoms with E-state index in [1.807, 2.05) is 31.2 Å². The van der Waals surface area contributed by atoms with Crippen LogP contribution >= 0.6 is 0 Å². The summed E-state index contributed by atoms with van der Waals surface area (Å²) in [7, 11) is 0. The molecule has 6 nitrogen and oxygen atoms in total. The van der Waals surface area contributed by atoms with Gasteiger partial charge in [-0.2, -0.15) is 0 Å². The van der Waals surface area contributed by atoms with Gasteiger partial charge in [0.05, 0.1) is 6.10 Å². The minimum absolute atomic E-state index is 0.0556. The Labute approximate surface area is 164 Å². The zero-order valence-corrected chi connectivity index (χ0v) is 17.5. The molecule has 1 unspecified atom stereocenters. The Morgan fingerprint density at radius 1 is 1.15 bits per heavy atom. The summed E-state index contributed by atoms with van der Waals surface area (Å²) in [5.74, 6) is 1.28. The first-order valence-electron chi connectivity index (χ1n) is 9.96. The third-order valence-corrected chi connectivity index (χ3v) is 4.13. The lowest BCUT2D eigenvalue weighted by atomic mass is 10.0. The number of carbonyl (C=O) groups excluding carboxylic acids is 1. The van der Waals surface area contributed by atoms with Crippen LogP contribution in [0, 0.1) is 5.92 Å². The number of carbonyl (C=O) groups is 1. The average Bonchev–Trinajstić information content (AvgIpc) is 2.61. The van der Waals surface area contributed by atoms with Crippen LogP contribution in [0.4, 0.5) is 5.69 Å². The highest BCUT2D eigenvalue weighted by molar-refractivity contribution is 5.88. The molecule has 0 bridgehead atoms. The van der Waals surface area contributed by atoms with Crippen molar-refractivity contribution in [1.29, 1.82) is 0 Å². The molecular weight excluding hydrogens is 340 g/mol. The Hall–Kier alpha value is -2.08. The summed E-state index contributed by atoms with van der Waals surface area (Å²) in [6.45, 7) is 13.1. The fraction of sp³-hybridized carbons (Fsp3) is 0.619. The van der Waals surface area contributed by atoms with E-state index in [2.05, 4.69) is 41.7 Å². The van der Waals surface area contributed by atoms with Crippen molar-refractivity contribution in [2.24, 2.45) is 10.9 Å². The molecule has 1 rings (SSSR count). The number of hydrogen-bond acceptors (Lipinski definition) is 3. The number of rotatable bonds is 11. The molecule has 0 spiro atoms. The van der Waals surface area contributed by atoms with Gasteiger partial charge < -0.3 is 20.7 Å². The second kappa shape index (κ2) is 13.1. The number of hydrogen-bond donors (Lipinski definition) is 3. The SMILES string of the molecule is CCNC(=NCCC(OCC)C(C)C)NCCc1ccc(NC(C)=O)cc1. The molecular formula is C21H36N4O2. The van der Waals surface area contributed by atoms with E-state index in [4.69, 9.17) is 4.74 Å². The molecule has 1 atom stereocenters. The summed E-state index contributed by atoms with van der Waals surface area (Å²) in [4.78, 5) is 15.7. The molecule has 0 aliphatic carbocycles. The maximum Gasteiger partial charge on any atom is 0.221 e. The fourth-order valence-electron chi connectivity index (χ4n) is 2.75. The van der Waals surface area contributed by atoms with Gasteiger partial charge in [0.1, 0.15) is 0 Å². The first-order valence-corrected chi connectivity index (χ1v) is 9.96. The molecule has 6 heteroatoms. The van der Waals surface area contributed by atoms with Crippen molar-refractivity contribution in [3.05, 3.63) is 29.8 Å². The van der Waals surface area contributed by atoms with Gasteiger partial charge in [0.15, 0.2) is 5.96 Å². The molecule has 0 radical (unpaired) electrons. The van der Waals surface area contributed by atoms with Gasteiger partial charge in [0, 0.05) is 38.9 Å². The summed E-state index contributed by atoms with van der Waals surface area (Å²) in [6.07, 6.45) is 2.06. The number of nitrogens with zero attached hydrogens (tertiary/aromatic N) is 1. The zero-order chi connectivity index (χ0) is 20.1. The van der Waals surface area contributed by atoms with Crippen LogP contribution in [0.3, 0.4) is 0 Å². The van der Waals surface area contributed by atoms with Crippen molar-refractivity contribution in [3.8, 4) is 0 Å². The lowest BCUT2D eigenvalue weighted by molar-refractivity contribution is -0.114. The molecule has 0 aliphatic heterocycles. The van der Waals surface area contributed by atoms with E-state index in [9.17, 15) is 4.79 Å². The van der Waals surface area contributed by atoms with Gasteiger partial charge in [-0.25, -0.2) is 0 Å². The molecule has 0 fully saturated rings. The number of aliphatic imine (C=N–C) groups is 1. The van der Waals surface area contributed by atoms with Crippen molar-refractivity contribution in [2.45, 2.75) is 53.6 Å². The van der Waals surface area contributed by atoms with Crippen molar-refractivity contribution in [3.63, 3.8) is 0 Å². The fourth-order valence-corrected chi connectivity index (χ4v) is 2.75. The molecule has 0 aromatic heterocycles. The van der Waals surface area contributed by atoms with Gasteiger partial charge in [0.2, 0.25) is 5.91 Å². The van der Waals surface area contributed by atoms with Crippen molar-refractivity contribution >= 4 is 17.6 Å². The predicted molar refractivity (Wildman–Crippen MR) is 113 cm³/mol. The molecule has 27 heavy (non-hydrogen) atoms. The Morgan fingerprint density at radius 3 is 2.41 bits per heavy atom. The van der Waals surface area contributed by atoms with E-state index in [0.717, 1.165) is 50.7 Å². The van der Waals surface area contributed by atoms with Crippen molar-refractivity contribution in [2.75, 3.05) is 31.6 Å². The smallest absolute Gasteiger partial charge is 0.221 e. The molecule has 152 valence electrons. The van der Waals surface area contributed by atoms with Crippen LogP contribution in [0.5, 0.6) is 0 Å². The van der Waals surface area contributed by atoms with E-state index in [1.54, 1.807) is 0 Å². The van der Waals surface area contributed by atoms with Crippen molar-refractivity contribution in [1.82, 2.24) is 10.6 Å². The second-order valence-electron chi connectivity index (χ2n) is 6.84. The monoisotopic (exact) mass is 376 g/mol. The molecule has 3 N–H and O–H groups in total. The number of nitrogens with one attached hydrogen (secondary N) is 3. The largest absolute Gasteiger partial charge is 0.378 e. The standard InChI is InChI=1S/C21H36N4O2/c1-6-22-21(24-15-13-20(16(3)4)27-7-2)23-14-12-18-8-10-19(11-9-18)25-17(5)26/h8-11,16,20H,6-7,12-15H2,1-5H3,(H,25,26)(H2,22,23,24). The van der Waals surface area contributed by atoms with E-state index in [1.165, 1.54) is 12.5 Å².